The summed E-state index contributed by atoms with van der Waals surface area (Å²) in [5.41, 5.74) is 1.40. The van der Waals surface area contributed by atoms with Crippen molar-refractivity contribution in [3.8, 4) is 11.4 Å². The van der Waals surface area contributed by atoms with Gasteiger partial charge in [0.1, 0.15) is 0 Å². The van der Waals surface area contributed by atoms with Gasteiger partial charge >= 0.3 is 0 Å². The van der Waals surface area contributed by atoms with Crippen LogP contribution < -0.4 is 5.32 Å². The van der Waals surface area contributed by atoms with E-state index in [1.807, 2.05) is 30.3 Å². The molecule has 1 N–H and O–H groups in total. The summed E-state index contributed by atoms with van der Waals surface area (Å²) in [6.45, 7) is 5.12. The van der Waals surface area contributed by atoms with Crippen LogP contribution in [-0.4, -0.2) is 32.5 Å². The van der Waals surface area contributed by atoms with Crippen LogP contribution in [0.3, 0.4) is 0 Å². The van der Waals surface area contributed by atoms with Crippen LogP contribution in [0.2, 0.25) is 0 Å². The minimum absolute atomic E-state index is 0.121. The van der Waals surface area contributed by atoms with Crippen molar-refractivity contribution in [1.82, 2.24) is 20.1 Å². The van der Waals surface area contributed by atoms with Crippen molar-refractivity contribution in [2.24, 2.45) is 23.2 Å². The Hall–Kier alpha value is -1.82. The van der Waals surface area contributed by atoms with Crippen LogP contribution in [-0.2, 0) is 11.3 Å². The Bertz CT molecular complexity index is 874. The number of carbonyl (C=O) groups is 1. The van der Waals surface area contributed by atoms with Crippen molar-refractivity contribution < 1.29 is 4.79 Å². The van der Waals surface area contributed by atoms with Crippen molar-refractivity contribution in [3.05, 3.63) is 30.3 Å². The fraction of sp³-hybridized carbons (Fsp3) is 0.625. The van der Waals surface area contributed by atoms with E-state index in [0.29, 0.717) is 11.2 Å². The lowest BCUT2D eigenvalue weighted by Gasteiger charge is -2.59. The molecular formula is C24H32N4OS. The number of benzene rings is 1. The SMILES string of the molecule is CCn1c(SCC(=O)N[C@@H](C)C23CC4CC(CC(C4)C2)C3)nnc1-c1ccccc1. The second kappa shape index (κ2) is 8.03. The molecule has 6 rings (SSSR count). The van der Waals surface area contributed by atoms with E-state index in [4.69, 9.17) is 0 Å². The van der Waals surface area contributed by atoms with Gasteiger partial charge in [0, 0.05) is 18.2 Å². The first-order valence-electron chi connectivity index (χ1n) is 11.5. The lowest BCUT2D eigenvalue weighted by Crippen LogP contribution is -2.56. The molecule has 0 saturated heterocycles. The number of carbonyl (C=O) groups excluding carboxylic acids is 1. The first-order chi connectivity index (χ1) is 14.6. The highest BCUT2D eigenvalue weighted by Crippen LogP contribution is 2.61. The molecule has 160 valence electrons. The van der Waals surface area contributed by atoms with E-state index < -0.39 is 0 Å². The quantitative estimate of drug-likeness (QED) is 0.650. The first kappa shape index (κ1) is 20.1. The number of thioether (sulfide) groups is 1. The highest BCUT2D eigenvalue weighted by molar-refractivity contribution is 7.99. The summed E-state index contributed by atoms with van der Waals surface area (Å²) >= 11 is 1.49. The second-order valence-electron chi connectivity index (χ2n) is 9.77. The largest absolute Gasteiger partial charge is 0.352 e. The Labute approximate surface area is 183 Å². The molecular weight excluding hydrogens is 392 g/mol. The molecule has 0 unspecified atom stereocenters. The molecule has 4 aliphatic carbocycles. The van der Waals surface area contributed by atoms with Gasteiger partial charge in [-0.3, -0.25) is 4.79 Å². The Balaban J connectivity index is 1.21. The van der Waals surface area contributed by atoms with Crippen molar-refractivity contribution >= 4 is 17.7 Å². The van der Waals surface area contributed by atoms with Gasteiger partial charge in [-0.2, -0.15) is 0 Å². The molecule has 1 heterocycles. The van der Waals surface area contributed by atoms with E-state index in [2.05, 4.69) is 33.9 Å². The highest BCUT2D eigenvalue weighted by atomic mass is 32.2. The van der Waals surface area contributed by atoms with Crippen LogP contribution in [0.1, 0.15) is 52.4 Å². The van der Waals surface area contributed by atoms with Crippen LogP contribution in [0.15, 0.2) is 35.5 Å². The maximum absolute atomic E-state index is 12.8. The Kier molecular flexibility index (Phi) is 5.38. The molecule has 5 nitrogen and oxygen atoms in total. The number of amides is 1. The van der Waals surface area contributed by atoms with Crippen molar-refractivity contribution in [2.45, 2.75) is 70.1 Å². The topological polar surface area (TPSA) is 59.8 Å². The summed E-state index contributed by atoms with van der Waals surface area (Å²) in [6, 6.07) is 10.4. The van der Waals surface area contributed by atoms with E-state index >= 15 is 0 Å². The fourth-order valence-electron chi connectivity index (χ4n) is 6.76. The third-order valence-corrected chi connectivity index (χ3v) is 8.75. The zero-order chi connectivity index (χ0) is 20.7. The van der Waals surface area contributed by atoms with Gasteiger partial charge in [-0.25, -0.2) is 0 Å². The molecule has 4 aliphatic rings. The van der Waals surface area contributed by atoms with Gasteiger partial charge in [-0.1, -0.05) is 42.1 Å². The Morgan fingerprint density at radius 3 is 2.37 bits per heavy atom. The fourth-order valence-corrected chi connectivity index (χ4v) is 7.57. The Morgan fingerprint density at radius 1 is 1.13 bits per heavy atom. The average molecular weight is 425 g/mol. The standard InChI is InChI=1S/C24H32N4OS/c1-3-28-22(20-7-5-4-6-8-20)26-27-23(28)30-15-21(29)25-16(2)24-12-17-9-18(13-24)11-19(10-17)14-24/h4-8,16-19H,3,9-15H2,1-2H3,(H,25,29)/t16-,17?,18?,19?,24?/m0/s1. The van der Waals surface area contributed by atoms with E-state index in [0.717, 1.165) is 40.8 Å². The minimum Gasteiger partial charge on any atom is -0.352 e. The van der Waals surface area contributed by atoms with Crippen LogP contribution in [0, 0.1) is 23.2 Å². The van der Waals surface area contributed by atoms with Crippen LogP contribution in [0.5, 0.6) is 0 Å². The maximum atomic E-state index is 12.8. The van der Waals surface area contributed by atoms with Gasteiger partial charge in [0.2, 0.25) is 5.91 Å². The number of nitrogens with one attached hydrogen (secondary N) is 1. The van der Waals surface area contributed by atoms with Crippen LogP contribution >= 0.6 is 11.8 Å². The van der Waals surface area contributed by atoms with Gasteiger partial charge in [0.25, 0.3) is 0 Å². The third kappa shape index (κ3) is 3.68. The highest BCUT2D eigenvalue weighted by Gasteiger charge is 2.53. The van der Waals surface area contributed by atoms with Crippen molar-refractivity contribution in [1.29, 1.82) is 0 Å². The molecule has 0 spiro atoms. The molecule has 4 saturated carbocycles. The van der Waals surface area contributed by atoms with Crippen LogP contribution in [0.4, 0.5) is 0 Å². The van der Waals surface area contributed by atoms with Gasteiger partial charge in [0.05, 0.1) is 5.75 Å². The first-order valence-corrected chi connectivity index (χ1v) is 12.5. The second-order valence-corrected chi connectivity index (χ2v) is 10.7. The number of rotatable bonds is 7. The Morgan fingerprint density at radius 2 is 1.77 bits per heavy atom. The molecule has 0 aliphatic heterocycles. The van der Waals surface area contributed by atoms with Gasteiger partial charge in [-0.05, 0) is 75.5 Å². The molecule has 1 amide bonds. The normalized spacial score (nSPS) is 30.4. The minimum atomic E-state index is 0.121. The molecule has 1 atom stereocenters. The molecule has 4 bridgehead atoms. The molecule has 1 aromatic carbocycles. The van der Waals surface area contributed by atoms with Crippen molar-refractivity contribution in [3.63, 3.8) is 0 Å². The molecule has 2 aromatic rings. The summed E-state index contributed by atoms with van der Waals surface area (Å²) in [5, 5.41) is 12.9. The van der Waals surface area contributed by atoms with E-state index in [1.54, 1.807) is 0 Å². The van der Waals surface area contributed by atoms with Gasteiger partial charge in [0.15, 0.2) is 11.0 Å². The number of hydrogen-bond donors (Lipinski definition) is 1. The molecule has 6 heteroatoms. The molecule has 30 heavy (non-hydrogen) atoms. The molecule has 0 radical (unpaired) electrons. The lowest BCUT2D eigenvalue weighted by molar-refractivity contribution is -0.123. The average Bonchev–Trinajstić information content (AvgIpc) is 3.15. The van der Waals surface area contributed by atoms with Gasteiger partial charge in [-0.15, -0.1) is 10.2 Å². The smallest absolute Gasteiger partial charge is 0.230 e. The number of hydrogen-bond acceptors (Lipinski definition) is 4. The zero-order valence-electron chi connectivity index (χ0n) is 18.0. The monoisotopic (exact) mass is 424 g/mol. The summed E-state index contributed by atoms with van der Waals surface area (Å²) in [7, 11) is 0. The lowest BCUT2D eigenvalue weighted by atomic mass is 9.48. The van der Waals surface area contributed by atoms with E-state index in [-0.39, 0.29) is 11.9 Å². The van der Waals surface area contributed by atoms with E-state index in [9.17, 15) is 4.79 Å². The summed E-state index contributed by atoms with van der Waals surface area (Å²) in [5.74, 6) is 4.10. The predicted octanol–water partition coefficient (Wildman–Crippen LogP) is 4.78. The van der Waals surface area contributed by atoms with E-state index in [1.165, 1.54) is 50.3 Å². The summed E-state index contributed by atoms with van der Waals surface area (Å²) < 4.78 is 2.09. The van der Waals surface area contributed by atoms with Gasteiger partial charge < -0.3 is 9.88 Å². The third-order valence-electron chi connectivity index (χ3n) is 7.78. The summed E-state index contributed by atoms with van der Waals surface area (Å²) in [6.07, 6.45) is 8.26. The molecule has 4 fully saturated rings. The summed E-state index contributed by atoms with van der Waals surface area (Å²) in [4.78, 5) is 12.8. The number of nitrogens with zero attached hydrogens (tertiary/aromatic N) is 3. The zero-order valence-corrected chi connectivity index (χ0v) is 18.8. The predicted molar refractivity (Wildman–Crippen MR) is 120 cm³/mol. The number of aromatic nitrogens is 3. The van der Waals surface area contributed by atoms with Crippen LogP contribution in [0.25, 0.3) is 11.4 Å². The maximum Gasteiger partial charge on any atom is 0.230 e. The molecule has 1 aromatic heterocycles. The van der Waals surface area contributed by atoms with Crippen molar-refractivity contribution in [2.75, 3.05) is 5.75 Å².